The van der Waals surface area contributed by atoms with Crippen molar-refractivity contribution in [1.29, 1.82) is 0 Å². The van der Waals surface area contributed by atoms with Crippen LogP contribution in [0.15, 0.2) is 18.2 Å². The van der Waals surface area contributed by atoms with Gasteiger partial charge >= 0.3 is 0 Å². The van der Waals surface area contributed by atoms with Crippen molar-refractivity contribution in [3.8, 4) is 0 Å². The lowest BCUT2D eigenvalue weighted by atomic mass is 9.95. The molecule has 1 rings (SSSR count). The fourth-order valence-electron chi connectivity index (χ4n) is 2.62. The van der Waals surface area contributed by atoms with E-state index in [0.29, 0.717) is 0 Å². The molecule has 4 heteroatoms. The van der Waals surface area contributed by atoms with Crippen molar-refractivity contribution < 1.29 is 8.42 Å². The Morgan fingerprint density at radius 1 is 1.10 bits per heavy atom. The molecule has 1 aromatic carbocycles. The van der Waals surface area contributed by atoms with Gasteiger partial charge in [0.25, 0.3) is 0 Å². The molecule has 0 bridgehead atoms. The zero-order chi connectivity index (χ0) is 16.0. The zero-order valence-electron chi connectivity index (χ0n) is 13.9. The first kappa shape index (κ1) is 18.2. The third kappa shape index (κ3) is 4.82. The van der Waals surface area contributed by atoms with E-state index in [1.165, 1.54) is 17.4 Å². The van der Waals surface area contributed by atoms with Crippen molar-refractivity contribution >= 4 is 9.84 Å². The van der Waals surface area contributed by atoms with Gasteiger partial charge in [-0.05, 0) is 49.4 Å². The van der Waals surface area contributed by atoms with Crippen LogP contribution in [0.2, 0.25) is 0 Å². The van der Waals surface area contributed by atoms with Crippen LogP contribution in [-0.2, 0) is 22.7 Å². The first-order valence-corrected chi connectivity index (χ1v) is 9.84. The van der Waals surface area contributed by atoms with Gasteiger partial charge in [-0.2, -0.15) is 0 Å². The van der Waals surface area contributed by atoms with Crippen molar-refractivity contribution in [3.05, 3.63) is 34.9 Å². The van der Waals surface area contributed by atoms with Crippen LogP contribution in [0, 0.1) is 0 Å². The standard InChI is InChI=1S/C17H29NO2S/c1-6-11-18-17(13(4)21(5,19)20)16-10-9-14(7-2)15(8-3)12-16/h9-10,12-13,17-18H,6-8,11H2,1-5H3. The molecular formula is C17H29NO2S. The van der Waals surface area contributed by atoms with E-state index in [4.69, 9.17) is 0 Å². The van der Waals surface area contributed by atoms with Gasteiger partial charge in [-0.15, -0.1) is 0 Å². The van der Waals surface area contributed by atoms with E-state index in [1.807, 2.05) is 0 Å². The molecule has 0 saturated carbocycles. The van der Waals surface area contributed by atoms with E-state index in [1.54, 1.807) is 6.92 Å². The second-order valence-corrected chi connectivity index (χ2v) is 8.10. The Morgan fingerprint density at radius 2 is 1.71 bits per heavy atom. The summed E-state index contributed by atoms with van der Waals surface area (Å²) in [6.07, 6.45) is 4.29. The predicted molar refractivity (Wildman–Crippen MR) is 90.5 cm³/mol. The summed E-state index contributed by atoms with van der Waals surface area (Å²) in [7, 11) is -3.08. The summed E-state index contributed by atoms with van der Waals surface area (Å²) in [4.78, 5) is 0. The largest absolute Gasteiger partial charge is 0.309 e. The molecule has 0 fully saturated rings. The average molecular weight is 311 g/mol. The summed E-state index contributed by atoms with van der Waals surface area (Å²) in [6, 6.07) is 6.25. The van der Waals surface area contributed by atoms with Crippen molar-refractivity contribution in [1.82, 2.24) is 5.32 Å². The lowest BCUT2D eigenvalue weighted by Crippen LogP contribution is -2.35. The highest BCUT2D eigenvalue weighted by Crippen LogP contribution is 2.25. The molecule has 120 valence electrons. The molecule has 0 aliphatic heterocycles. The molecular weight excluding hydrogens is 282 g/mol. The molecule has 0 aromatic heterocycles. The molecule has 0 aliphatic carbocycles. The van der Waals surface area contributed by atoms with Gasteiger partial charge in [-0.1, -0.05) is 39.0 Å². The number of aryl methyl sites for hydroxylation is 2. The highest BCUT2D eigenvalue weighted by molar-refractivity contribution is 7.91. The summed E-state index contributed by atoms with van der Waals surface area (Å²) < 4.78 is 23.9. The summed E-state index contributed by atoms with van der Waals surface area (Å²) in [6.45, 7) is 9.00. The fraction of sp³-hybridized carbons (Fsp3) is 0.647. The van der Waals surface area contributed by atoms with Crippen molar-refractivity contribution in [2.75, 3.05) is 12.8 Å². The smallest absolute Gasteiger partial charge is 0.151 e. The Kier molecular flexibility index (Phi) is 6.88. The Morgan fingerprint density at radius 3 is 2.19 bits per heavy atom. The van der Waals surface area contributed by atoms with Crippen LogP contribution >= 0.6 is 0 Å². The number of benzene rings is 1. The highest BCUT2D eigenvalue weighted by atomic mass is 32.2. The number of sulfone groups is 1. The van der Waals surface area contributed by atoms with Crippen LogP contribution in [0.1, 0.15) is 56.8 Å². The van der Waals surface area contributed by atoms with E-state index < -0.39 is 15.1 Å². The summed E-state index contributed by atoms with van der Waals surface area (Å²) >= 11 is 0. The molecule has 0 aliphatic rings. The second kappa shape index (κ2) is 7.95. The summed E-state index contributed by atoms with van der Waals surface area (Å²) in [5, 5.41) is 2.97. The van der Waals surface area contributed by atoms with E-state index in [9.17, 15) is 8.42 Å². The molecule has 2 unspecified atom stereocenters. The van der Waals surface area contributed by atoms with Crippen LogP contribution in [0.5, 0.6) is 0 Å². The average Bonchev–Trinajstić information content (AvgIpc) is 2.46. The monoisotopic (exact) mass is 311 g/mol. The van der Waals surface area contributed by atoms with Gasteiger partial charge in [0.15, 0.2) is 9.84 Å². The number of hydrogen-bond acceptors (Lipinski definition) is 3. The van der Waals surface area contributed by atoms with Crippen LogP contribution in [-0.4, -0.2) is 26.5 Å². The van der Waals surface area contributed by atoms with Crippen LogP contribution in [0.3, 0.4) is 0 Å². The Balaban J connectivity index is 3.19. The van der Waals surface area contributed by atoms with E-state index in [2.05, 4.69) is 44.3 Å². The molecule has 21 heavy (non-hydrogen) atoms. The van der Waals surface area contributed by atoms with Crippen LogP contribution < -0.4 is 5.32 Å². The molecule has 3 nitrogen and oxygen atoms in total. The lowest BCUT2D eigenvalue weighted by Gasteiger charge is -2.25. The van der Waals surface area contributed by atoms with Crippen molar-refractivity contribution in [2.24, 2.45) is 0 Å². The van der Waals surface area contributed by atoms with Gasteiger partial charge in [-0.25, -0.2) is 8.42 Å². The van der Waals surface area contributed by atoms with Gasteiger partial charge in [0.2, 0.25) is 0 Å². The summed E-state index contributed by atoms with van der Waals surface area (Å²) in [5.41, 5.74) is 3.75. The first-order valence-electron chi connectivity index (χ1n) is 7.89. The molecule has 0 amide bonds. The van der Waals surface area contributed by atoms with Gasteiger partial charge < -0.3 is 5.32 Å². The van der Waals surface area contributed by atoms with E-state index in [-0.39, 0.29) is 6.04 Å². The highest BCUT2D eigenvalue weighted by Gasteiger charge is 2.27. The molecule has 1 N–H and O–H groups in total. The van der Waals surface area contributed by atoms with Crippen molar-refractivity contribution in [3.63, 3.8) is 0 Å². The maximum atomic E-state index is 11.9. The predicted octanol–water partition coefficient (Wildman–Crippen LogP) is 3.29. The number of hydrogen-bond donors (Lipinski definition) is 1. The normalized spacial score (nSPS) is 14.9. The minimum Gasteiger partial charge on any atom is -0.309 e. The first-order chi connectivity index (χ1) is 9.85. The third-order valence-electron chi connectivity index (χ3n) is 4.11. The van der Waals surface area contributed by atoms with Crippen LogP contribution in [0.4, 0.5) is 0 Å². The minimum absolute atomic E-state index is 0.142. The van der Waals surface area contributed by atoms with Gasteiger partial charge in [0.1, 0.15) is 0 Å². The summed E-state index contributed by atoms with van der Waals surface area (Å²) in [5.74, 6) is 0. The minimum atomic E-state index is -3.08. The number of nitrogens with one attached hydrogen (secondary N) is 1. The number of rotatable bonds is 8. The Hall–Kier alpha value is -0.870. The Bertz CT molecular complexity index is 552. The molecule has 0 radical (unpaired) electrons. The Labute approximate surface area is 130 Å². The molecule has 0 heterocycles. The maximum Gasteiger partial charge on any atom is 0.151 e. The quantitative estimate of drug-likeness (QED) is 0.801. The van der Waals surface area contributed by atoms with Gasteiger partial charge in [0, 0.05) is 12.3 Å². The van der Waals surface area contributed by atoms with E-state index >= 15 is 0 Å². The van der Waals surface area contributed by atoms with Crippen LogP contribution in [0.25, 0.3) is 0 Å². The lowest BCUT2D eigenvalue weighted by molar-refractivity contribution is 0.500. The van der Waals surface area contributed by atoms with E-state index in [0.717, 1.165) is 31.4 Å². The fourth-order valence-corrected chi connectivity index (χ4v) is 3.36. The molecule has 0 saturated heterocycles. The molecule has 0 spiro atoms. The second-order valence-electron chi connectivity index (χ2n) is 5.70. The molecule has 2 atom stereocenters. The van der Waals surface area contributed by atoms with Crippen molar-refractivity contribution in [2.45, 2.75) is 58.2 Å². The molecule has 1 aromatic rings. The SMILES string of the molecule is CCCNC(c1ccc(CC)c(CC)c1)C(C)S(C)(=O)=O. The maximum absolute atomic E-state index is 11.9. The topological polar surface area (TPSA) is 46.2 Å². The van der Waals surface area contributed by atoms with Gasteiger partial charge in [-0.3, -0.25) is 0 Å². The van der Waals surface area contributed by atoms with Gasteiger partial charge in [0.05, 0.1) is 5.25 Å². The zero-order valence-corrected chi connectivity index (χ0v) is 14.8. The third-order valence-corrected chi connectivity index (χ3v) is 5.73.